The number of phenolic OH excluding ortho intramolecular Hbond substituents is 1. The van der Waals surface area contributed by atoms with Crippen molar-refractivity contribution in [3.8, 4) is 5.75 Å². The molecular formula is C15H15ClN2O2. The number of halogens is 1. The van der Waals surface area contributed by atoms with E-state index in [0.717, 1.165) is 5.69 Å². The van der Waals surface area contributed by atoms with E-state index < -0.39 is 0 Å². The molecule has 1 aromatic heterocycles. The monoisotopic (exact) mass is 290 g/mol. The molecule has 1 aromatic carbocycles. The van der Waals surface area contributed by atoms with Crippen LogP contribution in [0.2, 0.25) is 5.02 Å². The minimum Gasteiger partial charge on any atom is -0.506 e. The van der Waals surface area contributed by atoms with Crippen LogP contribution in [0.25, 0.3) is 0 Å². The Morgan fingerprint density at radius 2 is 2.05 bits per heavy atom. The molecule has 20 heavy (non-hydrogen) atoms. The predicted molar refractivity (Wildman–Crippen MR) is 79.4 cm³/mol. The van der Waals surface area contributed by atoms with Gasteiger partial charge in [-0.2, -0.15) is 0 Å². The van der Waals surface area contributed by atoms with Gasteiger partial charge in [0, 0.05) is 22.5 Å². The summed E-state index contributed by atoms with van der Waals surface area (Å²) in [5.41, 5.74) is 1.61. The highest BCUT2D eigenvalue weighted by Crippen LogP contribution is 2.27. The van der Waals surface area contributed by atoms with Crippen molar-refractivity contribution in [3.05, 3.63) is 52.8 Å². The van der Waals surface area contributed by atoms with Crippen LogP contribution in [-0.2, 0) is 0 Å². The lowest BCUT2D eigenvalue weighted by atomic mass is 10.1. The van der Waals surface area contributed by atoms with Crippen LogP contribution in [0.4, 0.5) is 5.69 Å². The number of phenols is 1. The zero-order valence-corrected chi connectivity index (χ0v) is 12.0. The van der Waals surface area contributed by atoms with Gasteiger partial charge < -0.3 is 10.4 Å². The first-order chi connectivity index (χ1) is 9.47. The molecule has 0 saturated heterocycles. The first-order valence-corrected chi connectivity index (χ1v) is 6.61. The Bertz CT molecular complexity index is 642. The number of pyridine rings is 1. The van der Waals surface area contributed by atoms with Crippen LogP contribution in [0.3, 0.4) is 0 Å². The van der Waals surface area contributed by atoms with Crippen LogP contribution in [0.15, 0.2) is 36.5 Å². The molecule has 1 amide bonds. The summed E-state index contributed by atoms with van der Waals surface area (Å²) in [6.07, 6.45) is 1.60. The molecular weight excluding hydrogens is 276 g/mol. The van der Waals surface area contributed by atoms with Gasteiger partial charge in [-0.3, -0.25) is 9.78 Å². The number of aromatic nitrogens is 1. The number of nitrogens with zero attached hydrogens (tertiary/aromatic N) is 1. The molecule has 0 aliphatic rings. The number of nitrogens with one attached hydrogen (secondary N) is 1. The van der Waals surface area contributed by atoms with Gasteiger partial charge in [0.25, 0.3) is 5.91 Å². The fourth-order valence-corrected chi connectivity index (χ4v) is 1.88. The van der Waals surface area contributed by atoms with Crippen molar-refractivity contribution in [1.29, 1.82) is 0 Å². The summed E-state index contributed by atoms with van der Waals surface area (Å²) in [4.78, 5) is 16.4. The van der Waals surface area contributed by atoms with Crippen molar-refractivity contribution >= 4 is 23.2 Å². The Morgan fingerprint density at radius 1 is 1.30 bits per heavy atom. The van der Waals surface area contributed by atoms with Gasteiger partial charge in [0.15, 0.2) is 0 Å². The van der Waals surface area contributed by atoms with E-state index in [9.17, 15) is 9.90 Å². The maximum absolute atomic E-state index is 12.2. The fourth-order valence-electron chi connectivity index (χ4n) is 1.71. The number of anilines is 1. The molecule has 0 bridgehead atoms. The molecule has 0 aliphatic heterocycles. The van der Waals surface area contributed by atoms with E-state index in [2.05, 4.69) is 10.3 Å². The topological polar surface area (TPSA) is 62.2 Å². The summed E-state index contributed by atoms with van der Waals surface area (Å²) in [5, 5.41) is 12.8. The van der Waals surface area contributed by atoms with Gasteiger partial charge in [-0.05, 0) is 36.2 Å². The summed E-state index contributed by atoms with van der Waals surface area (Å²) in [7, 11) is 0. The van der Waals surface area contributed by atoms with Crippen molar-refractivity contribution in [2.24, 2.45) is 0 Å². The third-order valence-electron chi connectivity index (χ3n) is 2.84. The van der Waals surface area contributed by atoms with Crippen molar-refractivity contribution in [2.75, 3.05) is 5.32 Å². The van der Waals surface area contributed by atoms with Crippen molar-refractivity contribution in [1.82, 2.24) is 4.98 Å². The summed E-state index contributed by atoms with van der Waals surface area (Å²) in [6, 6.07) is 7.85. The van der Waals surface area contributed by atoms with Crippen molar-refractivity contribution in [3.63, 3.8) is 0 Å². The van der Waals surface area contributed by atoms with Crippen LogP contribution < -0.4 is 5.32 Å². The standard InChI is InChI=1S/C15H15ClN2O2/c1-9(2)12-7-10(5-6-17-12)15(20)18-13-8-11(16)3-4-14(13)19/h3-9,19H,1-2H3,(H,18,20). The molecule has 0 spiro atoms. The van der Waals surface area contributed by atoms with Crippen LogP contribution in [0.5, 0.6) is 5.75 Å². The third-order valence-corrected chi connectivity index (χ3v) is 3.08. The second-order valence-corrected chi connectivity index (χ2v) is 5.18. The quantitative estimate of drug-likeness (QED) is 0.845. The van der Waals surface area contributed by atoms with E-state index in [-0.39, 0.29) is 23.3 Å². The summed E-state index contributed by atoms with van der Waals surface area (Å²) >= 11 is 5.84. The first kappa shape index (κ1) is 14.3. The van der Waals surface area contributed by atoms with Gasteiger partial charge in [-0.1, -0.05) is 25.4 Å². The van der Waals surface area contributed by atoms with Crippen LogP contribution in [0, 0.1) is 0 Å². The molecule has 2 N–H and O–H groups in total. The van der Waals surface area contributed by atoms with Crippen LogP contribution in [-0.4, -0.2) is 16.0 Å². The zero-order valence-electron chi connectivity index (χ0n) is 11.2. The number of hydrogen-bond donors (Lipinski definition) is 2. The molecule has 2 aromatic rings. The Kier molecular flexibility index (Phi) is 4.25. The zero-order chi connectivity index (χ0) is 14.7. The highest BCUT2D eigenvalue weighted by Gasteiger charge is 2.11. The highest BCUT2D eigenvalue weighted by atomic mass is 35.5. The summed E-state index contributed by atoms with van der Waals surface area (Å²) in [6.45, 7) is 4.01. The number of aromatic hydroxyl groups is 1. The maximum atomic E-state index is 12.2. The molecule has 0 fully saturated rings. The SMILES string of the molecule is CC(C)c1cc(C(=O)Nc2cc(Cl)ccc2O)ccn1. The fraction of sp³-hybridized carbons (Fsp3) is 0.200. The normalized spacial score (nSPS) is 10.6. The minimum atomic E-state index is -0.313. The maximum Gasteiger partial charge on any atom is 0.255 e. The van der Waals surface area contributed by atoms with Gasteiger partial charge in [0.2, 0.25) is 0 Å². The number of carbonyl (C=O) groups is 1. The van der Waals surface area contributed by atoms with E-state index in [1.165, 1.54) is 12.1 Å². The van der Waals surface area contributed by atoms with Gasteiger partial charge in [0.1, 0.15) is 5.75 Å². The van der Waals surface area contributed by atoms with Crippen LogP contribution >= 0.6 is 11.6 Å². The minimum absolute atomic E-state index is 0.0270. The second-order valence-electron chi connectivity index (χ2n) is 4.74. The molecule has 4 nitrogen and oxygen atoms in total. The molecule has 0 aliphatic carbocycles. The largest absolute Gasteiger partial charge is 0.506 e. The Morgan fingerprint density at radius 3 is 2.75 bits per heavy atom. The third kappa shape index (κ3) is 3.27. The summed E-state index contributed by atoms with van der Waals surface area (Å²) < 4.78 is 0. The van der Waals surface area contributed by atoms with Gasteiger partial charge >= 0.3 is 0 Å². The summed E-state index contributed by atoms with van der Waals surface area (Å²) in [5.74, 6) is -0.102. The van der Waals surface area contributed by atoms with E-state index in [1.807, 2.05) is 13.8 Å². The Balaban J connectivity index is 2.24. The van der Waals surface area contributed by atoms with E-state index >= 15 is 0 Å². The average Bonchev–Trinajstić information content (AvgIpc) is 2.43. The molecule has 104 valence electrons. The van der Waals surface area contributed by atoms with Gasteiger partial charge in [0.05, 0.1) is 5.69 Å². The lowest BCUT2D eigenvalue weighted by molar-refractivity contribution is 0.102. The van der Waals surface area contributed by atoms with Gasteiger partial charge in [-0.25, -0.2) is 0 Å². The van der Waals surface area contributed by atoms with E-state index in [1.54, 1.807) is 24.4 Å². The first-order valence-electron chi connectivity index (χ1n) is 6.23. The van der Waals surface area contributed by atoms with E-state index in [0.29, 0.717) is 10.6 Å². The number of carbonyl (C=O) groups excluding carboxylic acids is 1. The number of benzene rings is 1. The number of rotatable bonds is 3. The second kappa shape index (κ2) is 5.92. The molecule has 5 heteroatoms. The lowest BCUT2D eigenvalue weighted by Gasteiger charge is -2.09. The smallest absolute Gasteiger partial charge is 0.255 e. The molecule has 0 unspecified atom stereocenters. The van der Waals surface area contributed by atoms with Crippen molar-refractivity contribution in [2.45, 2.75) is 19.8 Å². The van der Waals surface area contributed by atoms with Crippen molar-refractivity contribution < 1.29 is 9.90 Å². The molecule has 0 atom stereocenters. The molecule has 0 saturated carbocycles. The molecule has 0 radical (unpaired) electrons. The predicted octanol–water partition coefficient (Wildman–Crippen LogP) is 3.82. The molecule has 2 rings (SSSR count). The average molecular weight is 291 g/mol. The Labute approximate surface area is 122 Å². The highest BCUT2D eigenvalue weighted by molar-refractivity contribution is 6.31. The van der Waals surface area contributed by atoms with Crippen LogP contribution in [0.1, 0.15) is 35.8 Å². The Hall–Kier alpha value is -2.07. The number of amides is 1. The number of hydrogen-bond acceptors (Lipinski definition) is 3. The molecule has 1 heterocycles. The lowest BCUT2D eigenvalue weighted by Crippen LogP contribution is -2.13. The van der Waals surface area contributed by atoms with E-state index in [4.69, 9.17) is 11.6 Å². The van der Waals surface area contributed by atoms with Gasteiger partial charge in [-0.15, -0.1) is 0 Å².